The number of amides is 1. The lowest BCUT2D eigenvalue weighted by Gasteiger charge is -2.12. The van der Waals surface area contributed by atoms with Crippen molar-refractivity contribution in [1.29, 1.82) is 0 Å². The van der Waals surface area contributed by atoms with Gasteiger partial charge in [-0.05, 0) is 5.56 Å². The molecule has 0 saturated carbocycles. The molecule has 70 valence electrons. The molecule has 0 spiro atoms. The number of alkyl halides is 1. The molecule has 4 heteroatoms. The highest BCUT2D eigenvalue weighted by Gasteiger charge is 2.23. The Bertz CT molecular complexity index is 289. The van der Waals surface area contributed by atoms with Crippen molar-refractivity contribution in [3.63, 3.8) is 0 Å². The van der Waals surface area contributed by atoms with Crippen LogP contribution in [0.3, 0.4) is 0 Å². The van der Waals surface area contributed by atoms with Crippen LogP contribution >= 0.6 is 0 Å². The van der Waals surface area contributed by atoms with E-state index in [1.807, 2.05) is 0 Å². The quantitative estimate of drug-likeness (QED) is 0.715. The van der Waals surface area contributed by atoms with Crippen LogP contribution in [0.5, 0.6) is 0 Å². The summed E-state index contributed by atoms with van der Waals surface area (Å²) in [6, 6.07) is 6.96. The molecule has 0 unspecified atom stereocenters. The highest BCUT2D eigenvalue weighted by atomic mass is 19.1. The van der Waals surface area contributed by atoms with E-state index in [9.17, 15) is 9.18 Å². The maximum Gasteiger partial charge on any atom is 0.237 e. The normalized spacial score (nSPS) is 14.9. The molecule has 2 atom stereocenters. The van der Waals surface area contributed by atoms with Gasteiger partial charge in [-0.25, -0.2) is 4.39 Å². The molecule has 1 amide bonds. The number of hydrogen-bond acceptors (Lipinski definition) is 2. The molecule has 1 aromatic rings. The fraction of sp³-hybridized carbons (Fsp3) is 0.222. The second-order valence-corrected chi connectivity index (χ2v) is 2.74. The number of carbonyl (C=O) groups excluding carboxylic acids is 1. The average Bonchev–Trinajstić information content (AvgIpc) is 2.17. The third-order valence-corrected chi connectivity index (χ3v) is 1.76. The minimum absolute atomic E-state index is 0.369. The van der Waals surface area contributed by atoms with Crippen LogP contribution in [0.4, 0.5) is 4.39 Å². The van der Waals surface area contributed by atoms with Gasteiger partial charge in [-0.2, -0.15) is 0 Å². The van der Waals surface area contributed by atoms with Crippen molar-refractivity contribution in [2.24, 2.45) is 11.5 Å². The Labute approximate surface area is 75.5 Å². The van der Waals surface area contributed by atoms with Crippen molar-refractivity contribution in [2.45, 2.75) is 12.2 Å². The van der Waals surface area contributed by atoms with Crippen LogP contribution in [0.15, 0.2) is 30.3 Å². The van der Waals surface area contributed by atoms with Crippen LogP contribution in [-0.2, 0) is 4.79 Å². The van der Waals surface area contributed by atoms with E-state index in [1.165, 1.54) is 0 Å². The summed E-state index contributed by atoms with van der Waals surface area (Å²) in [6.07, 6.45) is -1.53. The lowest BCUT2D eigenvalue weighted by atomic mass is 10.0. The number of hydrogen-bond donors (Lipinski definition) is 2. The first-order valence-electron chi connectivity index (χ1n) is 3.87. The Morgan fingerprint density at radius 1 is 1.31 bits per heavy atom. The minimum atomic E-state index is -1.53. The number of halogens is 1. The first kappa shape index (κ1) is 9.67. The molecule has 0 saturated heterocycles. The summed E-state index contributed by atoms with van der Waals surface area (Å²) < 4.78 is 13.4. The zero-order valence-electron chi connectivity index (χ0n) is 6.98. The summed E-state index contributed by atoms with van der Waals surface area (Å²) in [7, 11) is 0. The van der Waals surface area contributed by atoms with Gasteiger partial charge >= 0.3 is 0 Å². The van der Waals surface area contributed by atoms with Crippen LogP contribution < -0.4 is 11.5 Å². The predicted octanol–water partition coefficient (Wildman–Crippen LogP) is 0.510. The highest BCUT2D eigenvalue weighted by molar-refractivity contribution is 5.80. The van der Waals surface area contributed by atoms with Gasteiger partial charge in [0.1, 0.15) is 12.2 Å². The van der Waals surface area contributed by atoms with Crippen molar-refractivity contribution in [3.8, 4) is 0 Å². The van der Waals surface area contributed by atoms with E-state index < -0.39 is 18.1 Å². The van der Waals surface area contributed by atoms with Gasteiger partial charge in [-0.1, -0.05) is 30.3 Å². The smallest absolute Gasteiger partial charge is 0.237 e. The van der Waals surface area contributed by atoms with Gasteiger partial charge in [0.15, 0.2) is 0 Å². The number of nitrogens with two attached hydrogens (primary N) is 2. The minimum Gasteiger partial charge on any atom is -0.368 e. The molecule has 4 N–H and O–H groups in total. The lowest BCUT2D eigenvalue weighted by molar-refractivity contribution is -0.120. The molecule has 0 aliphatic rings. The zero-order chi connectivity index (χ0) is 9.84. The largest absolute Gasteiger partial charge is 0.368 e. The number of benzene rings is 1. The van der Waals surface area contributed by atoms with Crippen molar-refractivity contribution in [1.82, 2.24) is 0 Å². The Hall–Kier alpha value is -1.42. The second-order valence-electron chi connectivity index (χ2n) is 2.74. The van der Waals surface area contributed by atoms with Crippen LogP contribution in [0.1, 0.15) is 11.7 Å². The van der Waals surface area contributed by atoms with Crippen molar-refractivity contribution in [2.75, 3.05) is 0 Å². The molecule has 13 heavy (non-hydrogen) atoms. The van der Waals surface area contributed by atoms with Gasteiger partial charge < -0.3 is 11.5 Å². The number of carbonyl (C=O) groups is 1. The molecule has 0 aliphatic heterocycles. The molecule has 0 heterocycles. The molecule has 0 fully saturated rings. The van der Waals surface area contributed by atoms with E-state index in [0.717, 1.165) is 0 Å². The summed E-state index contributed by atoms with van der Waals surface area (Å²) in [6.45, 7) is 0. The molecule has 0 radical (unpaired) electrons. The fourth-order valence-corrected chi connectivity index (χ4v) is 0.988. The molecule has 0 aromatic heterocycles. The van der Waals surface area contributed by atoms with Gasteiger partial charge in [0.2, 0.25) is 5.91 Å². The molecule has 3 nitrogen and oxygen atoms in total. The lowest BCUT2D eigenvalue weighted by Crippen LogP contribution is -2.39. The molecular formula is C9H11FN2O. The zero-order valence-corrected chi connectivity index (χ0v) is 6.98. The number of primary amides is 1. The highest BCUT2D eigenvalue weighted by Crippen LogP contribution is 2.19. The molecule has 0 bridgehead atoms. The van der Waals surface area contributed by atoms with Crippen LogP contribution in [0, 0.1) is 0 Å². The summed E-state index contributed by atoms with van der Waals surface area (Å²) in [5.74, 6) is -0.837. The maximum absolute atomic E-state index is 13.4. The van der Waals surface area contributed by atoms with E-state index in [4.69, 9.17) is 11.5 Å². The van der Waals surface area contributed by atoms with Crippen molar-refractivity contribution in [3.05, 3.63) is 35.9 Å². The summed E-state index contributed by atoms with van der Waals surface area (Å²) in [5.41, 5.74) is 10.5. The Morgan fingerprint density at radius 3 is 2.31 bits per heavy atom. The summed E-state index contributed by atoms with van der Waals surface area (Å²) in [5, 5.41) is 0. The molecule has 1 rings (SSSR count). The Morgan fingerprint density at radius 2 is 1.85 bits per heavy atom. The maximum atomic E-state index is 13.4. The van der Waals surface area contributed by atoms with Gasteiger partial charge in [-0.3, -0.25) is 4.79 Å². The average molecular weight is 182 g/mol. The van der Waals surface area contributed by atoms with Gasteiger partial charge in [0.25, 0.3) is 0 Å². The van der Waals surface area contributed by atoms with E-state index in [-0.39, 0.29) is 0 Å². The van der Waals surface area contributed by atoms with Crippen molar-refractivity contribution >= 4 is 5.91 Å². The number of rotatable bonds is 3. The monoisotopic (exact) mass is 182 g/mol. The predicted molar refractivity (Wildman–Crippen MR) is 47.5 cm³/mol. The second kappa shape index (κ2) is 4.00. The molecule has 0 aliphatic carbocycles. The Kier molecular flexibility index (Phi) is 2.97. The van der Waals surface area contributed by atoms with Gasteiger partial charge in [0, 0.05) is 0 Å². The van der Waals surface area contributed by atoms with Gasteiger partial charge in [0.05, 0.1) is 0 Å². The summed E-state index contributed by atoms with van der Waals surface area (Å²) in [4.78, 5) is 10.6. The van der Waals surface area contributed by atoms with Crippen molar-refractivity contribution < 1.29 is 9.18 Å². The topological polar surface area (TPSA) is 69.1 Å². The first-order chi connectivity index (χ1) is 6.13. The van der Waals surface area contributed by atoms with Crippen LogP contribution in [-0.4, -0.2) is 11.9 Å². The third kappa shape index (κ3) is 2.26. The van der Waals surface area contributed by atoms with E-state index in [0.29, 0.717) is 5.56 Å². The summed E-state index contributed by atoms with van der Waals surface area (Å²) >= 11 is 0. The van der Waals surface area contributed by atoms with Gasteiger partial charge in [-0.15, -0.1) is 0 Å². The van der Waals surface area contributed by atoms with E-state index >= 15 is 0 Å². The molecular weight excluding hydrogens is 171 g/mol. The van der Waals surface area contributed by atoms with E-state index in [2.05, 4.69) is 0 Å². The standard InChI is InChI=1S/C9H11FN2O/c10-7(8(11)9(12)13)6-4-2-1-3-5-6/h1-5,7-8H,11H2,(H2,12,13)/t7-,8+/m1/s1. The third-order valence-electron chi connectivity index (χ3n) is 1.76. The fourth-order valence-electron chi connectivity index (χ4n) is 0.988. The SMILES string of the molecule is NC(=O)[C@@H](N)[C@H](F)c1ccccc1. The first-order valence-corrected chi connectivity index (χ1v) is 3.87. The Balaban J connectivity index is 2.79. The van der Waals surface area contributed by atoms with Crippen LogP contribution in [0.2, 0.25) is 0 Å². The molecule has 1 aromatic carbocycles. The van der Waals surface area contributed by atoms with Crippen LogP contribution in [0.25, 0.3) is 0 Å². The van der Waals surface area contributed by atoms with E-state index in [1.54, 1.807) is 30.3 Å².